The lowest BCUT2D eigenvalue weighted by Gasteiger charge is -2.60. The summed E-state index contributed by atoms with van der Waals surface area (Å²) in [6.45, 7) is 11.5. The van der Waals surface area contributed by atoms with Crippen molar-refractivity contribution >= 4 is 0 Å². The molecular formula is C30H44O. The van der Waals surface area contributed by atoms with Crippen LogP contribution >= 0.6 is 0 Å². The number of allylic oxidation sites excluding steroid dienone is 5. The fourth-order valence-electron chi connectivity index (χ4n) is 10.7. The smallest absolute Gasteiger partial charge is 0.0762 e. The van der Waals surface area contributed by atoms with Crippen LogP contribution in [-0.4, -0.2) is 10.7 Å². The molecule has 3 spiro atoms. The topological polar surface area (TPSA) is 20.2 Å². The van der Waals surface area contributed by atoms with Crippen LogP contribution < -0.4 is 0 Å². The van der Waals surface area contributed by atoms with Crippen LogP contribution in [0.2, 0.25) is 0 Å². The van der Waals surface area contributed by atoms with Crippen LogP contribution in [0.25, 0.3) is 0 Å². The summed E-state index contributed by atoms with van der Waals surface area (Å²) < 4.78 is 0. The van der Waals surface area contributed by atoms with Gasteiger partial charge in [-0.3, -0.25) is 0 Å². The third kappa shape index (κ3) is 2.33. The minimum Gasteiger partial charge on any atom is -0.389 e. The molecule has 0 aliphatic heterocycles. The lowest BCUT2D eigenvalue weighted by atomic mass is 9.46. The molecule has 6 rings (SSSR count). The van der Waals surface area contributed by atoms with E-state index in [1.54, 1.807) is 5.57 Å². The van der Waals surface area contributed by atoms with E-state index in [1.807, 2.05) is 0 Å². The molecule has 1 nitrogen and oxygen atoms in total. The Morgan fingerprint density at radius 3 is 2.61 bits per heavy atom. The first kappa shape index (κ1) is 20.8. The lowest BCUT2D eigenvalue weighted by Crippen LogP contribution is -2.61. The summed E-state index contributed by atoms with van der Waals surface area (Å²) in [5.41, 5.74) is 5.20. The largest absolute Gasteiger partial charge is 0.389 e. The molecule has 0 aromatic heterocycles. The van der Waals surface area contributed by atoms with Crippen molar-refractivity contribution in [2.45, 2.75) is 116 Å². The van der Waals surface area contributed by atoms with E-state index in [1.165, 1.54) is 94.6 Å². The molecule has 0 aromatic carbocycles. The standard InChI is InChI=1S/C30H44O/c1-21(2)23-9-14-26(4)25(19-23)22(3)8-15-27(26)17-18-28(20-27)16-10-24-7-5-11-29(24)12-6-13-30(28,29)31/h8,15,23-24,31H,1,5-7,9-14,16-20H2,2-4H3. The first-order chi connectivity index (χ1) is 14.7. The zero-order valence-corrected chi connectivity index (χ0v) is 20.4. The van der Waals surface area contributed by atoms with Gasteiger partial charge in [-0.25, -0.2) is 0 Å². The van der Waals surface area contributed by atoms with Gasteiger partial charge in [0.1, 0.15) is 0 Å². The second-order valence-corrected chi connectivity index (χ2v) is 13.2. The van der Waals surface area contributed by atoms with E-state index >= 15 is 0 Å². The van der Waals surface area contributed by atoms with E-state index in [0.717, 1.165) is 12.3 Å². The predicted octanol–water partition coefficient (Wildman–Crippen LogP) is 7.91. The van der Waals surface area contributed by atoms with Gasteiger partial charge in [-0.15, -0.1) is 0 Å². The maximum Gasteiger partial charge on any atom is 0.0762 e. The minimum absolute atomic E-state index is 0.166. The maximum absolute atomic E-state index is 12.6. The van der Waals surface area contributed by atoms with Crippen LogP contribution in [0, 0.1) is 33.5 Å². The molecule has 0 aromatic rings. The van der Waals surface area contributed by atoms with Gasteiger partial charge in [-0.05, 0) is 120 Å². The summed E-state index contributed by atoms with van der Waals surface area (Å²) >= 11 is 0. The first-order valence-corrected chi connectivity index (χ1v) is 13.5. The average Bonchev–Trinajstić information content (AvgIpc) is 3.43. The van der Waals surface area contributed by atoms with Crippen molar-refractivity contribution in [2.75, 3.05) is 0 Å². The molecule has 0 amide bonds. The lowest BCUT2D eigenvalue weighted by molar-refractivity contribution is -0.202. The van der Waals surface area contributed by atoms with Gasteiger partial charge in [0.2, 0.25) is 0 Å². The van der Waals surface area contributed by atoms with Crippen molar-refractivity contribution in [1.29, 1.82) is 0 Å². The second-order valence-electron chi connectivity index (χ2n) is 13.2. The van der Waals surface area contributed by atoms with Crippen molar-refractivity contribution in [1.82, 2.24) is 0 Å². The number of fused-ring (bicyclic) bond motifs is 3. The Morgan fingerprint density at radius 2 is 1.81 bits per heavy atom. The Kier molecular flexibility index (Phi) is 4.29. The van der Waals surface area contributed by atoms with Crippen LogP contribution in [0.1, 0.15) is 111 Å². The quantitative estimate of drug-likeness (QED) is 0.427. The van der Waals surface area contributed by atoms with E-state index in [0.29, 0.717) is 5.92 Å². The molecule has 31 heavy (non-hydrogen) atoms. The highest BCUT2D eigenvalue weighted by molar-refractivity contribution is 5.42. The normalized spacial score (nSPS) is 53.2. The molecule has 7 atom stereocenters. The molecule has 0 heterocycles. The van der Waals surface area contributed by atoms with E-state index < -0.39 is 5.60 Å². The molecule has 1 N–H and O–H groups in total. The molecule has 1 heteroatoms. The van der Waals surface area contributed by atoms with Crippen LogP contribution in [0.3, 0.4) is 0 Å². The van der Waals surface area contributed by atoms with E-state index in [2.05, 4.69) is 39.5 Å². The third-order valence-electron chi connectivity index (χ3n) is 12.5. The second kappa shape index (κ2) is 6.40. The van der Waals surface area contributed by atoms with E-state index in [9.17, 15) is 5.11 Å². The Labute approximate surface area is 190 Å². The molecule has 0 saturated heterocycles. The zero-order chi connectivity index (χ0) is 21.7. The minimum atomic E-state index is -0.390. The van der Waals surface area contributed by atoms with Crippen LogP contribution in [-0.2, 0) is 0 Å². The van der Waals surface area contributed by atoms with Gasteiger partial charge >= 0.3 is 0 Å². The zero-order valence-electron chi connectivity index (χ0n) is 20.4. The highest BCUT2D eigenvalue weighted by Gasteiger charge is 2.73. The summed E-state index contributed by atoms with van der Waals surface area (Å²) in [5, 5.41) is 12.6. The van der Waals surface area contributed by atoms with Crippen LogP contribution in [0.15, 0.2) is 35.5 Å². The van der Waals surface area contributed by atoms with Gasteiger partial charge < -0.3 is 5.11 Å². The number of hydrogen-bond donors (Lipinski definition) is 1. The Balaban J connectivity index is 1.39. The van der Waals surface area contributed by atoms with Gasteiger partial charge in [0, 0.05) is 10.8 Å². The molecule has 170 valence electrons. The number of hydrogen-bond acceptors (Lipinski definition) is 1. The van der Waals surface area contributed by atoms with Crippen molar-refractivity contribution in [3.05, 3.63) is 35.5 Å². The third-order valence-corrected chi connectivity index (χ3v) is 12.5. The number of rotatable bonds is 1. The van der Waals surface area contributed by atoms with Crippen molar-refractivity contribution in [3.63, 3.8) is 0 Å². The molecule has 5 fully saturated rings. The number of aliphatic hydroxyl groups is 1. The molecular weight excluding hydrogens is 376 g/mol. The van der Waals surface area contributed by atoms with Gasteiger partial charge in [0.05, 0.1) is 5.60 Å². The molecule has 0 radical (unpaired) electrons. The first-order valence-electron chi connectivity index (χ1n) is 13.5. The summed E-state index contributed by atoms with van der Waals surface area (Å²) in [5.74, 6) is 1.47. The summed E-state index contributed by atoms with van der Waals surface area (Å²) in [6.07, 6.45) is 23.1. The maximum atomic E-state index is 12.6. The fourth-order valence-corrected chi connectivity index (χ4v) is 10.7. The fraction of sp³-hybridized carbons (Fsp3) is 0.800. The molecule has 0 bridgehead atoms. The molecule has 5 saturated carbocycles. The Hall–Kier alpha value is -0.820. The van der Waals surface area contributed by atoms with Crippen molar-refractivity contribution in [2.24, 2.45) is 33.5 Å². The van der Waals surface area contributed by atoms with E-state index in [4.69, 9.17) is 0 Å². The molecule has 6 aliphatic rings. The molecule has 6 aliphatic carbocycles. The van der Waals surface area contributed by atoms with Crippen molar-refractivity contribution in [3.8, 4) is 0 Å². The summed E-state index contributed by atoms with van der Waals surface area (Å²) in [6, 6.07) is 0. The highest BCUT2D eigenvalue weighted by atomic mass is 16.3. The summed E-state index contributed by atoms with van der Waals surface area (Å²) in [4.78, 5) is 0. The Bertz CT molecular complexity index is 875. The van der Waals surface area contributed by atoms with Crippen LogP contribution in [0.5, 0.6) is 0 Å². The monoisotopic (exact) mass is 420 g/mol. The van der Waals surface area contributed by atoms with Gasteiger partial charge in [0.15, 0.2) is 0 Å². The predicted molar refractivity (Wildman–Crippen MR) is 129 cm³/mol. The van der Waals surface area contributed by atoms with Gasteiger partial charge in [-0.2, -0.15) is 0 Å². The van der Waals surface area contributed by atoms with E-state index in [-0.39, 0.29) is 21.7 Å². The van der Waals surface area contributed by atoms with Crippen molar-refractivity contribution < 1.29 is 5.11 Å². The average molecular weight is 421 g/mol. The summed E-state index contributed by atoms with van der Waals surface area (Å²) in [7, 11) is 0. The van der Waals surface area contributed by atoms with Crippen LogP contribution in [0.4, 0.5) is 0 Å². The van der Waals surface area contributed by atoms with Gasteiger partial charge in [0.25, 0.3) is 0 Å². The Morgan fingerprint density at radius 1 is 1.00 bits per heavy atom. The highest BCUT2D eigenvalue weighted by Crippen LogP contribution is 2.77. The SMILES string of the molecule is C=C(C)C1CCC2(C)C(=C(C)C=CC23CCC2(CCC4CCCC45CCCC25O)C3)C1. The molecule has 7 unspecified atom stereocenters. The van der Waals surface area contributed by atoms with Gasteiger partial charge in [-0.1, -0.05) is 48.8 Å².